The molecule has 31 heavy (non-hydrogen) atoms. The van der Waals surface area contributed by atoms with Crippen molar-refractivity contribution >= 4 is 17.4 Å². The Balaban J connectivity index is 2.11. The number of aliphatic hydroxyl groups excluding tert-OH is 1. The van der Waals surface area contributed by atoms with Crippen LogP contribution < -0.4 is 4.74 Å². The normalized spacial score (nSPS) is 18.3. The molecule has 1 unspecified atom stereocenters. The van der Waals surface area contributed by atoms with Gasteiger partial charge in [0, 0.05) is 18.7 Å². The largest absolute Gasteiger partial charge is 0.507 e. The summed E-state index contributed by atoms with van der Waals surface area (Å²) in [6.45, 7) is 5.22. The van der Waals surface area contributed by atoms with Crippen molar-refractivity contribution in [1.29, 1.82) is 0 Å². The molecule has 6 nitrogen and oxygen atoms in total. The summed E-state index contributed by atoms with van der Waals surface area (Å²) in [6.07, 6.45) is 0. The highest BCUT2D eigenvalue weighted by Crippen LogP contribution is 2.39. The van der Waals surface area contributed by atoms with Crippen LogP contribution in [-0.2, 0) is 9.59 Å². The molecular weight excluding hydrogens is 392 g/mol. The van der Waals surface area contributed by atoms with E-state index in [0.29, 0.717) is 30.3 Å². The SMILES string of the molecule is COc1ccc(/C(O)=C2/C(=O)C(=O)N(CCN(C)C)C2c2ccc(C(C)C)cc2)cc1. The molecule has 1 aliphatic rings. The summed E-state index contributed by atoms with van der Waals surface area (Å²) >= 11 is 0. The Hall–Kier alpha value is -3.12. The van der Waals surface area contributed by atoms with Crippen LogP contribution in [0, 0.1) is 0 Å². The van der Waals surface area contributed by atoms with Crippen LogP contribution in [-0.4, -0.2) is 60.9 Å². The maximum Gasteiger partial charge on any atom is 0.295 e. The summed E-state index contributed by atoms with van der Waals surface area (Å²) in [5.74, 6) is -0.414. The molecule has 1 aliphatic heterocycles. The number of hydrogen-bond donors (Lipinski definition) is 1. The highest BCUT2D eigenvalue weighted by molar-refractivity contribution is 6.46. The van der Waals surface area contributed by atoms with E-state index in [4.69, 9.17) is 4.74 Å². The number of nitrogens with zero attached hydrogens (tertiary/aromatic N) is 2. The third-order valence-electron chi connectivity index (χ3n) is 5.61. The molecule has 1 amide bonds. The summed E-state index contributed by atoms with van der Waals surface area (Å²) in [5, 5.41) is 11.1. The first-order chi connectivity index (χ1) is 14.7. The highest BCUT2D eigenvalue weighted by Gasteiger charge is 2.45. The summed E-state index contributed by atoms with van der Waals surface area (Å²) in [4.78, 5) is 29.4. The second-order valence-electron chi connectivity index (χ2n) is 8.35. The molecule has 0 bridgehead atoms. The lowest BCUT2D eigenvalue weighted by molar-refractivity contribution is -0.140. The van der Waals surface area contributed by atoms with Crippen LogP contribution in [0.2, 0.25) is 0 Å². The Morgan fingerprint density at radius 2 is 1.68 bits per heavy atom. The fourth-order valence-corrected chi connectivity index (χ4v) is 3.73. The number of rotatable bonds is 7. The molecule has 0 aliphatic carbocycles. The second kappa shape index (κ2) is 9.35. The van der Waals surface area contributed by atoms with Crippen LogP contribution in [0.25, 0.3) is 5.76 Å². The van der Waals surface area contributed by atoms with E-state index < -0.39 is 17.7 Å². The van der Waals surface area contributed by atoms with Crippen molar-refractivity contribution in [1.82, 2.24) is 9.80 Å². The molecular formula is C25H30N2O4. The molecule has 1 heterocycles. The lowest BCUT2D eigenvalue weighted by Gasteiger charge is -2.27. The van der Waals surface area contributed by atoms with Crippen molar-refractivity contribution in [2.24, 2.45) is 0 Å². The van der Waals surface area contributed by atoms with Crippen molar-refractivity contribution in [3.05, 3.63) is 70.8 Å². The van der Waals surface area contributed by atoms with Crippen molar-refractivity contribution in [2.45, 2.75) is 25.8 Å². The van der Waals surface area contributed by atoms with Gasteiger partial charge >= 0.3 is 0 Å². The molecule has 1 atom stereocenters. The van der Waals surface area contributed by atoms with E-state index in [9.17, 15) is 14.7 Å². The van der Waals surface area contributed by atoms with Gasteiger partial charge in [-0.2, -0.15) is 0 Å². The number of Topliss-reactive ketones (excluding diaryl/α,β-unsaturated/α-hetero) is 1. The van der Waals surface area contributed by atoms with Gasteiger partial charge in [-0.15, -0.1) is 0 Å². The standard InChI is InChI=1S/C25H30N2O4/c1-16(2)17-6-8-18(9-7-17)22-21(23(28)19-10-12-20(31-5)13-11-19)24(29)25(30)27(22)15-14-26(3)4/h6-13,16,22,28H,14-15H2,1-5H3/b23-21-. The van der Waals surface area contributed by atoms with Gasteiger partial charge in [-0.3, -0.25) is 9.59 Å². The lowest BCUT2D eigenvalue weighted by atomic mass is 9.93. The molecule has 164 valence electrons. The first-order valence-electron chi connectivity index (χ1n) is 10.4. The van der Waals surface area contributed by atoms with Crippen molar-refractivity contribution < 1.29 is 19.4 Å². The zero-order valence-corrected chi connectivity index (χ0v) is 18.8. The van der Waals surface area contributed by atoms with Crippen LogP contribution in [0.4, 0.5) is 0 Å². The van der Waals surface area contributed by atoms with Gasteiger partial charge in [-0.25, -0.2) is 0 Å². The van der Waals surface area contributed by atoms with Crippen LogP contribution in [0.3, 0.4) is 0 Å². The van der Waals surface area contributed by atoms with E-state index in [-0.39, 0.29) is 11.3 Å². The number of hydrogen-bond acceptors (Lipinski definition) is 5. The number of amides is 1. The number of carbonyl (C=O) groups excluding carboxylic acids is 2. The number of carbonyl (C=O) groups is 2. The van der Waals surface area contributed by atoms with Gasteiger partial charge in [0.25, 0.3) is 11.7 Å². The smallest absolute Gasteiger partial charge is 0.295 e. The van der Waals surface area contributed by atoms with E-state index in [1.54, 1.807) is 36.3 Å². The molecule has 0 radical (unpaired) electrons. The minimum absolute atomic E-state index is 0.117. The maximum absolute atomic E-state index is 13.0. The number of benzene rings is 2. The van der Waals surface area contributed by atoms with Gasteiger partial charge in [-0.1, -0.05) is 38.1 Å². The third-order valence-corrected chi connectivity index (χ3v) is 5.61. The van der Waals surface area contributed by atoms with Crippen LogP contribution in [0.1, 0.15) is 42.5 Å². The van der Waals surface area contributed by atoms with E-state index in [1.807, 2.05) is 43.3 Å². The molecule has 1 saturated heterocycles. The summed E-state index contributed by atoms with van der Waals surface area (Å²) in [7, 11) is 5.40. The fourth-order valence-electron chi connectivity index (χ4n) is 3.73. The Kier molecular flexibility index (Phi) is 6.81. The quantitative estimate of drug-likeness (QED) is 0.418. The predicted molar refractivity (Wildman–Crippen MR) is 121 cm³/mol. The Bertz CT molecular complexity index is 976. The van der Waals surface area contributed by atoms with E-state index in [0.717, 1.165) is 5.56 Å². The van der Waals surface area contributed by atoms with Crippen LogP contribution in [0.5, 0.6) is 5.75 Å². The summed E-state index contributed by atoms with van der Waals surface area (Å²) in [5.41, 5.74) is 2.56. The minimum Gasteiger partial charge on any atom is -0.507 e. The van der Waals surface area contributed by atoms with Crippen molar-refractivity contribution in [2.75, 3.05) is 34.3 Å². The minimum atomic E-state index is -0.662. The Morgan fingerprint density at radius 3 is 2.19 bits per heavy atom. The maximum atomic E-state index is 13.0. The Morgan fingerprint density at radius 1 is 1.06 bits per heavy atom. The monoisotopic (exact) mass is 422 g/mol. The van der Waals surface area contributed by atoms with Gasteiger partial charge < -0.3 is 19.6 Å². The molecule has 3 rings (SSSR count). The first-order valence-corrected chi connectivity index (χ1v) is 10.4. The van der Waals surface area contributed by atoms with Gasteiger partial charge in [0.1, 0.15) is 11.5 Å². The molecule has 0 spiro atoms. The Labute approximate surface area is 183 Å². The zero-order valence-electron chi connectivity index (χ0n) is 18.8. The number of ketones is 1. The average molecular weight is 423 g/mol. The van der Waals surface area contributed by atoms with Crippen LogP contribution >= 0.6 is 0 Å². The molecule has 1 N–H and O–H groups in total. The summed E-state index contributed by atoms with van der Waals surface area (Å²) in [6, 6.07) is 14.1. The summed E-state index contributed by atoms with van der Waals surface area (Å²) < 4.78 is 5.17. The molecule has 0 aromatic heterocycles. The lowest BCUT2D eigenvalue weighted by Crippen LogP contribution is -2.35. The predicted octanol–water partition coefficient (Wildman–Crippen LogP) is 3.80. The van der Waals surface area contributed by atoms with E-state index in [2.05, 4.69) is 13.8 Å². The third kappa shape index (κ3) is 4.64. The molecule has 6 heteroatoms. The first kappa shape index (κ1) is 22.6. The van der Waals surface area contributed by atoms with Crippen molar-refractivity contribution in [3.8, 4) is 5.75 Å². The van der Waals surface area contributed by atoms with Crippen molar-refractivity contribution in [3.63, 3.8) is 0 Å². The van der Waals surface area contributed by atoms with Gasteiger partial charge in [0.05, 0.1) is 18.7 Å². The number of likely N-dealkylation sites (N-methyl/N-ethyl adjacent to an activating group) is 1. The zero-order chi connectivity index (χ0) is 22.7. The molecule has 2 aromatic carbocycles. The van der Waals surface area contributed by atoms with Gasteiger partial charge in [-0.05, 0) is 55.4 Å². The van der Waals surface area contributed by atoms with Gasteiger partial charge in [0.2, 0.25) is 0 Å². The number of aliphatic hydroxyl groups is 1. The molecule has 0 saturated carbocycles. The topological polar surface area (TPSA) is 70.1 Å². The van der Waals surface area contributed by atoms with Gasteiger partial charge in [0.15, 0.2) is 0 Å². The second-order valence-corrected chi connectivity index (χ2v) is 8.35. The average Bonchev–Trinajstić information content (AvgIpc) is 3.02. The number of likely N-dealkylation sites (tertiary alicyclic amines) is 1. The van der Waals surface area contributed by atoms with E-state index in [1.165, 1.54) is 5.56 Å². The van der Waals surface area contributed by atoms with Crippen LogP contribution in [0.15, 0.2) is 54.1 Å². The molecule has 2 aromatic rings. The highest BCUT2D eigenvalue weighted by atomic mass is 16.5. The number of ether oxygens (including phenoxy) is 1. The number of methoxy groups -OCH3 is 1. The fraction of sp³-hybridized carbons (Fsp3) is 0.360. The van der Waals surface area contributed by atoms with E-state index >= 15 is 0 Å². The molecule has 1 fully saturated rings.